The monoisotopic (exact) mass is 218 g/mol. The van der Waals surface area contributed by atoms with E-state index in [0.29, 0.717) is 10.6 Å². The molecule has 13 heavy (non-hydrogen) atoms. The van der Waals surface area contributed by atoms with E-state index in [1.165, 1.54) is 6.07 Å². The Labute approximate surface area is 86.1 Å². The normalized spacial score (nSPS) is 10.2. The maximum Gasteiger partial charge on any atom is 0.337 e. The van der Waals surface area contributed by atoms with Gasteiger partial charge in [0.05, 0.1) is 10.6 Å². The van der Waals surface area contributed by atoms with E-state index in [0.717, 1.165) is 5.56 Å². The fraction of sp³-hybridized carbons (Fsp3) is 0.222. The molecule has 0 aromatic heterocycles. The first-order valence-corrected chi connectivity index (χ1v) is 4.39. The Morgan fingerprint density at radius 1 is 1.31 bits per heavy atom. The van der Waals surface area contributed by atoms with E-state index in [-0.39, 0.29) is 10.6 Å². The predicted octanol–water partition coefficient (Wildman–Crippen LogP) is 3.31. The molecule has 0 atom stereocenters. The first-order valence-electron chi connectivity index (χ1n) is 3.63. The molecule has 0 radical (unpaired) electrons. The van der Waals surface area contributed by atoms with Crippen molar-refractivity contribution in [2.75, 3.05) is 0 Å². The minimum atomic E-state index is -1.03. The van der Waals surface area contributed by atoms with Crippen LogP contribution in [-0.2, 0) is 0 Å². The molecule has 0 aliphatic heterocycles. The van der Waals surface area contributed by atoms with Gasteiger partial charge < -0.3 is 5.11 Å². The number of hydrogen-bond donors (Lipinski definition) is 1. The zero-order chi connectivity index (χ0) is 10.2. The van der Waals surface area contributed by atoms with Crippen LogP contribution in [0.4, 0.5) is 0 Å². The lowest BCUT2D eigenvalue weighted by molar-refractivity contribution is 0.0697. The van der Waals surface area contributed by atoms with Gasteiger partial charge in [0.15, 0.2) is 0 Å². The van der Waals surface area contributed by atoms with Crippen LogP contribution >= 0.6 is 23.2 Å². The van der Waals surface area contributed by atoms with Crippen LogP contribution in [0.5, 0.6) is 0 Å². The summed E-state index contributed by atoms with van der Waals surface area (Å²) >= 11 is 11.7. The van der Waals surface area contributed by atoms with Gasteiger partial charge in [-0.3, -0.25) is 0 Å². The Balaban J connectivity index is 3.50. The fourth-order valence-corrected chi connectivity index (χ4v) is 1.52. The van der Waals surface area contributed by atoms with Crippen LogP contribution in [0, 0.1) is 13.8 Å². The van der Waals surface area contributed by atoms with E-state index in [1.54, 1.807) is 13.8 Å². The van der Waals surface area contributed by atoms with Gasteiger partial charge in [0, 0.05) is 5.02 Å². The smallest absolute Gasteiger partial charge is 0.337 e. The zero-order valence-electron chi connectivity index (χ0n) is 7.19. The third kappa shape index (κ3) is 1.79. The summed E-state index contributed by atoms with van der Waals surface area (Å²) in [4.78, 5) is 10.7. The van der Waals surface area contributed by atoms with E-state index in [1.807, 2.05) is 0 Å². The molecule has 70 valence electrons. The van der Waals surface area contributed by atoms with Gasteiger partial charge in [-0.25, -0.2) is 4.79 Å². The number of aryl methyl sites for hydroxylation is 1. The molecule has 1 aromatic carbocycles. The molecule has 0 bridgehead atoms. The highest BCUT2D eigenvalue weighted by Crippen LogP contribution is 2.30. The van der Waals surface area contributed by atoms with Crippen molar-refractivity contribution in [2.24, 2.45) is 0 Å². The van der Waals surface area contributed by atoms with Gasteiger partial charge in [-0.15, -0.1) is 0 Å². The molecule has 0 aliphatic rings. The Kier molecular flexibility index (Phi) is 2.84. The molecule has 0 saturated carbocycles. The summed E-state index contributed by atoms with van der Waals surface area (Å²) in [5, 5.41) is 9.51. The Hall–Kier alpha value is -0.730. The van der Waals surface area contributed by atoms with Crippen molar-refractivity contribution in [1.82, 2.24) is 0 Å². The highest BCUT2D eigenvalue weighted by molar-refractivity contribution is 6.38. The van der Waals surface area contributed by atoms with Crippen molar-refractivity contribution in [3.05, 3.63) is 32.8 Å². The van der Waals surface area contributed by atoms with E-state index in [4.69, 9.17) is 28.3 Å². The fourth-order valence-electron chi connectivity index (χ4n) is 1.09. The van der Waals surface area contributed by atoms with Gasteiger partial charge >= 0.3 is 5.97 Å². The maximum absolute atomic E-state index is 10.7. The molecule has 1 N–H and O–H groups in total. The van der Waals surface area contributed by atoms with Crippen LogP contribution in [-0.4, -0.2) is 11.1 Å². The molecular weight excluding hydrogens is 211 g/mol. The van der Waals surface area contributed by atoms with Gasteiger partial charge in [-0.2, -0.15) is 0 Å². The predicted molar refractivity (Wildman–Crippen MR) is 52.9 cm³/mol. The van der Waals surface area contributed by atoms with Crippen molar-refractivity contribution in [1.29, 1.82) is 0 Å². The number of hydrogen-bond acceptors (Lipinski definition) is 1. The van der Waals surface area contributed by atoms with Crippen LogP contribution in [0.3, 0.4) is 0 Å². The Morgan fingerprint density at radius 3 is 2.31 bits per heavy atom. The lowest BCUT2D eigenvalue weighted by Crippen LogP contribution is -2.00. The quantitative estimate of drug-likeness (QED) is 0.786. The number of aromatic carboxylic acids is 1. The molecule has 0 aliphatic carbocycles. The minimum absolute atomic E-state index is 0.0982. The number of carboxylic acid groups (broad SMARTS) is 1. The zero-order valence-corrected chi connectivity index (χ0v) is 8.70. The second kappa shape index (κ2) is 3.56. The average Bonchev–Trinajstić information content (AvgIpc) is 2.07. The number of carbonyl (C=O) groups is 1. The molecule has 1 aromatic rings. The standard InChI is InChI=1S/C9H8Cl2O2/c1-4-3-6(9(12)13)8(11)5(2)7(4)10/h3H,1-2H3,(H,12,13). The first kappa shape index (κ1) is 10.4. The summed E-state index contributed by atoms with van der Waals surface area (Å²) in [5.41, 5.74) is 1.43. The SMILES string of the molecule is Cc1cc(C(=O)O)c(Cl)c(C)c1Cl. The third-order valence-electron chi connectivity index (χ3n) is 1.83. The molecule has 0 spiro atoms. The van der Waals surface area contributed by atoms with Crippen molar-refractivity contribution >= 4 is 29.2 Å². The van der Waals surface area contributed by atoms with Gasteiger partial charge in [0.1, 0.15) is 0 Å². The molecule has 1 rings (SSSR count). The van der Waals surface area contributed by atoms with Crippen LogP contribution < -0.4 is 0 Å². The van der Waals surface area contributed by atoms with E-state index >= 15 is 0 Å². The van der Waals surface area contributed by atoms with Gasteiger partial charge in [-0.05, 0) is 31.0 Å². The summed E-state index contributed by atoms with van der Waals surface area (Å²) in [5.74, 6) is -1.03. The largest absolute Gasteiger partial charge is 0.478 e. The van der Waals surface area contributed by atoms with Crippen LogP contribution in [0.25, 0.3) is 0 Å². The van der Waals surface area contributed by atoms with Gasteiger partial charge in [-0.1, -0.05) is 23.2 Å². The lowest BCUT2D eigenvalue weighted by Gasteiger charge is -2.07. The molecule has 0 fully saturated rings. The van der Waals surface area contributed by atoms with Gasteiger partial charge in [0.2, 0.25) is 0 Å². The highest BCUT2D eigenvalue weighted by Gasteiger charge is 2.14. The Morgan fingerprint density at radius 2 is 1.85 bits per heavy atom. The Bertz CT molecular complexity index is 372. The van der Waals surface area contributed by atoms with E-state index < -0.39 is 5.97 Å². The molecular formula is C9H8Cl2O2. The lowest BCUT2D eigenvalue weighted by atomic mass is 10.1. The van der Waals surface area contributed by atoms with Crippen molar-refractivity contribution in [3.8, 4) is 0 Å². The van der Waals surface area contributed by atoms with E-state index in [2.05, 4.69) is 0 Å². The van der Waals surface area contributed by atoms with Crippen molar-refractivity contribution < 1.29 is 9.90 Å². The second-order valence-electron chi connectivity index (χ2n) is 2.80. The number of rotatable bonds is 1. The van der Waals surface area contributed by atoms with Crippen molar-refractivity contribution in [3.63, 3.8) is 0 Å². The summed E-state index contributed by atoms with van der Waals surface area (Å²) in [6.45, 7) is 3.45. The summed E-state index contributed by atoms with van der Waals surface area (Å²) < 4.78 is 0. The highest BCUT2D eigenvalue weighted by atomic mass is 35.5. The van der Waals surface area contributed by atoms with Crippen molar-refractivity contribution in [2.45, 2.75) is 13.8 Å². The number of halogens is 2. The molecule has 0 unspecified atom stereocenters. The second-order valence-corrected chi connectivity index (χ2v) is 3.56. The molecule has 0 amide bonds. The summed E-state index contributed by atoms with van der Waals surface area (Å²) in [6.07, 6.45) is 0. The maximum atomic E-state index is 10.7. The number of carboxylic acids is 1. The first-order chi connectivity index (χ1) is 5.95. The molecule has 0 heterocycles. The molecule has 2 nitrogen and oxygen atoms in total. The van der Waals surface area contributed by atoms with Gasteiger partial charge in [0.25, 0.3) is 0 Å². The van der Waals surface area contributed by atoms with Crippen LogP contribution in [0.1, 0.15) is 21.5 Å². The number of benzene rings is 1. The topological polar surface area (TPSA) is 37.3 Å². The third-order valence-corrected chi connectivity index (χ3v) is 2.90. The van der Waals surface area contributed by atoms with E-state index in [9.17, 15) is 4.79 Å². The van der Waals surface area contributed by atoms with Crippen LogP contribution in [0.2, 0.25) is 10.0 Å². The summed E-state index contributed by atoms with van der Waals surface area (Å²) in [6, 6.07) is 1.47. The molecule has 0 saturated heterocycles. The average molecular weight is 219 g/mol. The summed E-state index contributed by atoms with van der Waals surface area (Å²) in [7, 11) is 0. The molecule has 4 heteroatoms. The van der Waals surface area contributed by atoms with Crippen LogP contribution in [0.15, 0.2) is 6.07 Å². The minimum Gasteiger partial charge on any atom is -0.478 e.